The number of benzene rings is 2. The SMILES string of the molecule is CC(C)OC[C@@H](O)CN(Cc1c(-c2ccccc2)nn(C)c1Oc1ccccc1)C[C@H]1CCCO1. The monoisotopic (exact) mass is 479 g/mol. The molecule has 188 valence electrons. The number of aryl methyl sites for hydroxylation is 1. The lowest BCUT2D eigenvalue weighted by molar-refractivity contribution is -0.0172. The summed E-state index contributed by atoms with van der Waals surface area (Å²) in [5.74, 6) is 1.45. The van der Waals surface area contributed by atoms with Gasteiger partial charge in [-0.1, -0.05) is 48.5 Å². The maximum atomic E-state index is 10.8. The Labute approximate surface area is 208 Å². The number of hydrogen-bond acceptors (Lipinski definition) is 6. The molecular formula is C28H37N3O4. The van der Waals surface area contributed by atoms with Crippen LogP contribution in [-0.2, 0) is 23.1 Å². The van der Waals surface area contributed by atoms with Crippen LogP contribution in [-0.4, -0.2) is 64.4 Å². The predicted molar refractivity (Wildman–Crippen MR) is 137 cm³/mol. The van der Waals surface area contributed by atoms with Crippen molar-refractivity contribution in [2.24, 2.45) is 7.05 Å². The molecule has 0 spiro atoms. The number of aliphatic hydroxyl groups excluding tert-OH is 1. The van der Waals surface area contributed by atoms with E-state index in [1.807, 2.05) is 69.4 Å². The Morgan fingerprint density at radius 3 is 2.49 bits per heavy atom. The van der Waals surface area contributed by atoms with Crippen LogP contribution in [0.2, 0.25) is 0 Å². The third-order valence-electron chi connectivity index (χ3n) is 6.05. The van der Waals surface area contributed by atoms with Crippen LogP contribution in [0.4, 0.5) is 0 Å². The van der Waals surface area contributed by atoms with Crippen LogP contribution in [0.5, 0.6) is 11.6 Å². The molecule has 2 atom stereocenters. The first kappa shape index (κ1) is 25.4. The van der Waals surface area contributed by atoms with E-state index in [9.17, 15) is 5.11 Å². The molecule has 7 heteroatoms. The van der Waals surface area contributed by atoms with E-state index in [1.165, 1.54) is 0 Å². The van der Waals surface area contributed by atoms with E-state index in [0.29, 0.717) is 25.6 Å². The largest absolute Gasteiger partial charge is 0.439 e. The van der Waals surface area contributed by atoms with E-state index in [-0.39, 0.29) is 12.2 Å². The number of ether oxygens (including phenoxy) is 3. The molecular weight excluding hydrogens is 442 g/mol. The molecule has 7 nitrogen and oxygen atoms in total. The lowest BCUT2D eigenvalue weighted by Crippen LogP contribution is -2.39. The Hall–Kier alpha value is -2.71. The molecule has 1 aromatic heterocycles. The van der Waals surface area contributed by atoms with Gasteiger partial charge in [0.1, 0.15) is 11.4 Å². The lowest BCUT2D eigenvalue weighted by Gasteiger charge is -2.28. The summed E-state index contributed by atoms with van der Waals surface area (Å²) < 4.78 is 19.8. The van der Waals surface area contributed by atoms with Gasteiger partial charge in [-0.2, -0.15) is 5.10 Å². The van der Waals surface area contributed by atoms with Crippen LogP contribution in [0, 0.1) is 0 Å². The molecule has 0 unspecified atom stereocenters. The molecule has 1 N–H and O–H groups in total. The summed E-state index contributed by atoms with van der Waals surface area (Å²) in [4.78, 5) is 2.24. The molecule has 1 aliphatic rings. The first-order valence-electron chi connectivity index (χ1n) is 12.5. The predicted octanol–water partition coefficient (Wildman–Crippen LogP) is 4.65. The fraction of sp³-hybridized carbons (Fsp3) is 0.464. The van der Waals surface area contributed by atoms with E-state index < -0.39 is 6.10 Å². The third-order valence-corrected chi connectivity index (χ3v) is 6.05. The molecule has 2 heterocycles. The molecule has 0 radical (unpaired) electrons. The average Bonchev–Trinajstić information content (AvgIpc) is 3.47. The second-order valence-electron chi connectivity index (χ2n) is 9.40. The Balaban J connectivity index is 1.64. The highest BCUT2D eigenvalue weighted by atomic mass is 16.5. The molecule has 2 aromatic carbocycles. The maximum absolute atomic E-state index is 10.8. The highest BCUT2D eigenvalue weighted by Crippen LogP contribution is 2.34. The number of para-hydroxylation sites is 1. The first-order chi connectivity index (χ1) is 17.0. The summed E-state index contributed by atoms with van der Waals surface area (Å²) in [6, 6.07) is 19.9. The van der Waals surface area contributed by atoms with Crippen molar-refractivity contribution in [3.05, 3.63) is 66.2 Å². The molecule has 35 heavy (non-hydrogen) atoms. The molecule has 0 bridgehead atoms. The van der Waals surface area contributed by atoms with Crippen molar-refractivity contribution in [2.75, 3.05) is 26.3 Å². The standard InChI is InChI=1S/C28H37N3O4/c1-21(2)34-20-23(32)17-31(18-25-15-10-16-33-25)19-26-27(22-11-6-4-7-12-22)29-30(3)28(26)35-24-13-8-5-9-14-24/h4-9,11-14,21,23,25,32H,10,15-20H2,1-3H3/t23-,25+/m0/s1. The van der Waals surface area contributed by atoms with Crippen LogP contribution < -0.4 is 4.74 Å². The van der Waals surface area contributed by atoms with Crippen molar-refractivity contribution in [1.29, 1.82) is 0 Å². The summed E-state index contributed by atoms with van der Waals surface area (Å²) in [6.07, 6.45) is 1.73. The summed E-state index contributed by atoms with van der Waals surface area (Å²) in [6.45, 7) is 6.82. The van der Waals surface area contributed by atoms with E-state index in [1.54, 1.807) is 4.68 Å². The Bertz CT molecular complexity index is 1030. The van der Waals surface area contributed by atoms with Gasteiger partial charge in [-0.25, -0.2) is 4.68 Å². The summed E-state index contributed by atoms with van der Waals surface area (Å²) in [7, 11) is 1.91. The maximum Gasteiger partial charge on any atom is 0.222 e. The zero-order valence-corrected chi connectivity index (χ0v) is 21.0. The highest BCUT2D eigenvalue weighted by molar-refractivity contribution is 5.65. The summed E-state index contributed by atoms with van der Waals surface area (Å²) >= 11 is 0. The van der Waals surface area contributed by atoms with E-state index >= 15 is 0 Å². The molecule has 1 aliphatic heterocycles. The average molecular weight is 480 g/mol. The minimum atomic E-state index is -0.603. The molecule has 3 aromatic rings. The van der Waals surface area contributed by atoms with Crippen molar-refractivity contribution < 1.29 is 19.3 Å². The Morgan fingerprint density at radius 2 is 1.83 bits per heavy atom. The Kier molecular flexibility index (Phi) is 8.93. The van der Waals surface area contributed by atoms with Crippen molar-refractivity contribution >= 4 is 0 Å². The zero-order valence-electron chi connectivity index (χ0n) is 21.0. The second-order valence-corrected chi connectivity index (χ2v) is 9.40. The number of hydrogen-bond donors (Lipinski definition) is 1. The van der Waals surface area contributed by atoms with E-state index in [0.717, 1.165) is 48.6 Å². The van der Waals surface area contributed by atoms with Crippen LogP contribution in [0.25, 0.3) is 11.3 Å². The topological polar surface area (TPSA) is 69.0 Å². The zero-order chi connectivity index (χ0) is 24.6. The second kappa shape index (κ2) is 12.3. The van der Waals surface area contributed by atoms with Gasteiger partial charge in [0, 0.05) is 38.9 Å². The first-order valence-corrected chi connectivity index (χ1v) is 12.5. The quantitative estimate of drug-likeness (QED) is 0.408. The van der Waals surface area contributed by atoms with Crippen molar-refractivity contribution in [3.63, 3.8) is 0 Å². The van der Waals surface area contributed by atoms with Crippen molar-refractivity contribution in [3.8, 4) is 22.9 Å². The van der Waals surface area contributed by atoms with Crippen LogP contribution in [0.15, 0.2) is 60.7 Å². The van der Waals surface area contributed by atoms with Gasteiger partial charge < -0.3 is 19.3 Å². The fourth-order valence-corrected chi connectivity index (χ4v) is 4.41. The third kappa shape index (κ3) is 7.15. The molecule has 1 fully saturated rings. The van der Waals surface area contributed by atoms with Gasteiger partial charge in [0.25, 0.3) is 0 Å². The summed E-state index contributed by atoms with van der Waals surface area (Å²) in [5.41, 5.74) is 2.89. The van der Waals surface area contributed by atoms with Crippen molar-refractivity contribution in [2.45, 2.75) is 51.5 Å². The van der Waals surface area contributed by atoms with Crippen LogP contribution >= 0.6 is 0 Å². The van der Waals surface area contributed by atoms with E-state index in [2.05, 4.69) is 17.0 Å². The van der Waals surface area contributed by atoms with Crippen LogP contribution in [0.1, 0.15) is 32.3 Å². The Morgan fingerprint density at radius 1 is 1.11 bits per heavy atom. The number of nitrogens with zero attached hydrogens (tertiary/aromatic N) is 3. The van der Waals surface area contributed by atoms with Gasteiger partial charge >= 0.3 is 0 Å². The van der Waals surface area contributed by atoms with Gasteiger partial charge in [0.15, 0.2) is 0 Å². The van der Waals surface area contributed by atoms with Gasteiger partial charge in [-0.05, 0) is 38.8 Å². The molecule has 0 aliphatic carbocycles. The smallest absolute Gasteiger partial charge is 0.222 e. The van der Waals surface area contributed by atoms with Gasteiger partial charge in [-0.15, -0.1) is 0 Å². The molecule has 0 amide bonds. The minimum Gasteiger partial charge on any atom is -0.439 e. The normalized spacial score (nSPS) is 16.8. The molecule has 0 saturated carbocycles. The number of aliphatic hydroxyl groups is 1. The van der Waals surface area contributed by atoms with Crippen molar-refractivity contribution in [1.82, 2.24) is 14.7 Å². The highest BCUT2D eigenvalue weighted by Gasteiger charge is 2.26. The number of rotatable bonds is 12. The summed E-state index contributed by atoms with van der Waals surface area (Å²) in [5, 5.41) is 15.6. The molecule has 4 rings (SSSR count). The molecule has 1 saturated heterocycles. The van der Waals surface area contributed by atoms with E-state index in [4.69, 9.17) is 19.3 Å². The fourth-order valence-electron chi connectivity index (χ4n) is 4.41. The van der Waals surface area contributed by atoms with Gasteiger partial charge in [-0.3, -0.25) is 4.90 Å². The van der Waals surface area contributed by atoms with Crippen LogP contribution in [0.3, 0.4) is 0 Å². The van der Waals surface area contributed by atoms with Gasteiger partial charge in [0.2, 0.25) is 5.88 Å². The number of aromatic nitrogens is 2. The lowest BCUT2D eigenvalue weighted by atomic mass is 10.1. The minimum absolute atomic E-state index is 0.0742. The van der Waals surface area contributed by atoms with Gasteiger partial charge in [0.05, 0.1) is 30.5 Å².